The average Bonchev–Trinajstić information content (AvgIpc) is 2.72. The molecule has 1 aliphatic heterocycles. The molecule has 29 heavy (non-hydrogen) atoms. The highest BCUT2D eigenvalue weighted by Crippen LogP contribution is 2.23. The number of nitrogens with zero attached hydrogens (tertiary/aromatic N) is 2. The third-order valence-corrected chi connectivity index (χ3v) is 5.69. The van der Waals surface area contributed by atoms with Crippen molar-refractivity contribution in [3.63, 3.8) is 0 Å². The van der Waals surface area contributed by atoms with Gasteiger partial charge in [-0.25, -0.2) is 4.79 Å². The number of piperidine rings is 1. The Morgan fingerprint density at radius 2 is 1.86 bits per heavy atom. The number of ether oxygens (including phenoxy) is 1. The fraction of sp³-hybridized carbons (Fsp3) is 0.364. The largest absolute Gasteiger partial charge is 0.497 e. The van der Waals surface area contributed by atoms with E-state index in [2.05, 4.69) is 21.2 Å². The van der Waals surface area contributed by atoms with Gasteiger partial charge < -0.3 is 19.9 Å². The fourth-order valence-electron chi connectivity index (χ4n) is 3.55. The zero-order chi connectivity index (χ0) is 20.8. The second-order valence-corrected chi connectivity index (χ2v) is 8.07. The van der Waals surface area contributed by atoms with E-state index in [1.54, 1.807) is 14.0 Å². The van der Waals surface area contributed by atoms with Crippen LogP contribution in [0.3, 0.4) is 0 Å². The Labute approximate surface area is 180 Å². The molecule has 6 nitrogen and oxygen atoms in total. The van der Waals surface area contributed by atoms with Crippen molar-refractivity contribution < 1.29 is 14.3 Å². The first-order valence-electron chi connectivity index (χ1n) is 9.68. The van der Waals surface area contributed by atoms with E-state index in [9.17, 15) is 9.59 Å². The van der Waals surface area contributed by atoms with Crippen LogP contribution in [-0.2, 0) is 11.3 Å². The van der Waals surface area contributed by atoms with Crippen LogP contribution in [0, 0.1) is 0 Å². The van der Waals surface area contributed by atoms with E-state index < -0.39 is 0 Å². The van der Waals surface area contributed by atoms with Crippen molar-refractivity contribution in [2.24, 2.45) is 0 Å². The highest BCUT2D eigenvalue weighted by molar-refractivity contribution is 9.10. The third kappa shape index (κ3) is 5.73. The topological polar surface area (TPSA) is 61.9 Å². The number of likely N-dealkylation sites (tertiary alicyclic amines) is 1. The SMILES string of the molecule is COc1ccc(CN(C(=O)Nc2cccc(Br)c2)C2CCN(C(C)=O)CC2)cc1. The zero-order valence-corrected chi connectivity index (χ0v) is 18.3. The summed E-state index contributed by atoms with van der Waals surface area (Å²) in [4.78, 5) is 28.5. The van der Waals surface area contributed by atoms with Gasteiger partial charge in [0.1, 0.15) is 5.75 Å². The number of methoxy groups -OCH3 is 1. The molecule has 1 saturated heterocycles. The first kappa shape index (κ1) is 21.2. The molecule has 154 valence electrons. The number of nitrogens with one attached hydrogen (secondary N) is 1. The number of urea groups is 1. The number of carbonyl (C=O) groups excluding carboxylic acids is 2. The fourth-order valence-corrected chi connectivity index (χ4v) is 3.95. The molecule has 3 rings (SSSR count). The number of carbonyl (C=O) groups is 2. The van der Waals surface area contributed by atoms with Gasteiger partial charge >= 0.3 is 6.03 Å². The molecule has 3 amide bonds. The van der Waals surface area contributed by atoms with Crippen LogP contribution in [0.2, 0.25) is 0 Å². The number of benzene rings is 2. The van der Waals surface area contributed by atoms with E-state index in [4.69, 9.17) is 4.74 Å². The molecular formula is C22H26BrN3O3. The van der Waals surface area contributed by atoms with Crippen molar-refractivity contribution in [1.82, 2.24) is 9.80 Å². The van der Waals surface area contributed by atoms with Crippen LogP contribution >= 0.6 is 15.9 Å². The van der Waals surface area contributed by atoms with E-state index in [1.807, 2.05) is 58.3 Å². The maximum atomic E-state index is 13.2. The molecular weight excluding hydrogens is 434 g/mol. The van der Waals surface area contributed by atoms with Crippen LogP contribution in [0.1, 0.15) is 25.3 Å². The molecule has 2 aromatic rings. The van der Waals surface area contributed by atoms with Crippen molar-refractivity contribution in [1.29, 1.82) is 0 Å². The highest BCUT2D eigenvalue weighted by atomic mass is 79.9. The summed E-state index contributed by atoms with van der Waals surface area (Å²) in [6.07, 6.45) is 1.53. The van der Waals surface area contributed by atoms with Crippen LogP contribution < -0.4 is 10.1 Å². The molecule has 0 aliphatic carbocycles. The maximum Gasteiger partial charge on any atom is 0.322 e. The second-order valence-electron chi connectivity index (χ2n) is 7.15. The number of hydrogen-bond acceptors (Lipinski definition) is 3. The van der Waals surface area contributed by atoms with Gasteiger partial charge in [-0.3, -0.25) is 4.79 Å². The van der Waals surface area contributed by atoms with Gasteiger partial charge in [0.15, 0.2) is 0 Å². The van der Waals surface area contributed by atoms with Crippen LogP contribution in [-0.4, -0.2) is 48.0 Å². The van der Waals surface area contributed by atoms with E-state index >= 15 is 0 Å². The molecule has 0 atom stereocenters. The van der Waals surface area contributed by atoms with Crippen molar-refractivity contribution in [2.45, 2.75) is 32.4 Å². The van der Waals surface area contributed by atoms with Crippen LogP contribution in [0.5, 0.6) is 5.75 Å². The Bertz CT molecular complexity index is 849. The van der Waals surface area contributed by atoms with Crippen LogP contribution in [0.25, 0.3) is 0 Å². The molecule has 1 N–H and O–H groups in total. The summed E-state index contributed by atoms with van der Waals surface area (Å²) >= 11 is 3.44. The Kier molecular flexibility index (Phi) is 7.14. The van der Waals surface area contributed by atoms with Gasteiger partial charge in [-0.1, -0.05) is 34.1 Å². The molecule has 2 aromatic carbocycles. The minimum Gasteiger partial charge on any atom is -0.497 e. The highest BCUT2D eigenvalue weighted by Gasteiger charge is 2.29. The summed E-state index contributed by atoms with van der Waals surface area (Å²) in [6.45, 7) is 3.43. The normalized spacial score (nSPS) is 14.4. The van der Waals surface area contributed by atoms with E-state index in [0.717, 1.165) is 34.3 Å². The number of anilines is 1. The summed E-state index contributed by atoms with van der Waals surface area (Å²) in [5.74, 6) is 0.873. The predicted molar refractivity (Wildman–Crippen MR) is 117 cm³/mol. The van der Waals surface area contributed by atoms with Crippen molar-refractivity contribution >= 4 is 33.6 Å². The second kappa shape index (κ2) is 9.78. The van der Waals surface area contributed by atoms with E-state index in [-0.39, 0.29) is 18.0 Å². The van der Waals surface area contributed by atoms with Gasteiger partial charge in [-0.2, -0.15) is 0 Å². The molecule has 0 unspecified atom stereocenters. The molecule has 0 spiro atoms. The predicted octanol–water partition coefficient (Wildman–Crippen LogP) is 4.50. The number of halogens is 1. The molecule has 1 fully saturated rings. The summed E-state index contributed by atoms with van der Waals surface area (Å²) < 4.78 is 6.14. The van der Waals surface area contributed by atoms with E-state index in [0.29, 0.717) is 19.6 Å². The van der Waals surface area contributed by atoms with Gasteiger partial charge in [-0.05, 0) is 48.7 Å². The lowest BCUT2D eigenvalue weighted by atomic mass is 10.0. The summed E-state index contributed by atoms with van der Waals surface area (Å²) in [5.41, 5.74) is 1.77. The smallest absolute Gasteiger partial charge is 0.322 e. The molecule has 1 heterocycles. The van der Waals surface area contributed by atoms with Gasteiger partial charge in [-0.15, -0.1) is 0 Å². The lowest BCUT2D eigenvalue weighted by Gasteiger charge is -2.38. The zero-order valence-electron chi connectivity index (χ0n) is 16.7. The quantitative estimate of drug-likeness (QED) is 0.715. The molecule has 0 saturated carbocycles. The van der Waals surface area contributed by atoms with Gasteiger partial charge in [0.05, 0.1) is 7.11 Å². The third-order valence-electron chi connectivity index (χ3n) is 5.20. The minimum atomic E-state index is -0.139. The van der Waals surface area contributed by atoms with Gasteiger partial charge in [0.2, 0.25) is 5.91 Å². The van der Waals surface area contributed by atoms with Crippen molar-refractivity contribution in [3.05, 3.63) is 58.6 Å². The summed E-state index contributed by atoms with van der Waals surface area (Å²) in [5, 5.41) is 3.01. The minimum absolute atomic E-state index is 0.0693. The van der Waals surface area contributed by atoms with Gasteiger partial charge in [0, 0.05) is 42.8 Å². The lowest BCUT2D eigenvalue weighted by molar-refractivity contribution is -0.130. The first-order valence-corrected chi connectivity index (χ1v) is 10.5. The molecule has 0 aromatic heterocycles. The van der Waals surface area contributed by atoms with Gasteiger partial charge in [0.25, 0.3) is 0 Å². The monoisotopic (exact) mass is 459 g/mol. The standard InChI is InChI=1S/C22H26BrN3O3/c1-16(27)25-12-10-20(11-13-25)26(15-17-6-8-21(29-2)9-7-17)22(28)24-19-5-3-4-18(23)14-19/h3-9,14,20H,10-13,15H2,1-2H3,(H,24,28). The number of hydrogen-bond donors (Lipinski definition) is 1. The van der Waals surface area contributed by atoms with Crippen molar-refractivity contribution in [3.8, 4) is 5.75 Å². The molecule has 7 heteroatoms. The Hall–Kier alpha value is -2.54. The average molecular weight is 460 g/mol. The first-order chi connectivity index (χ1) is 14.0. The number of amides is 3. The van der Waals surface area contributed by atoms with E-state index in [1.165, 1.54) is 0 Å². The molecule has 1 aliphatic rings. The Morgan fingerprint density at radius 3 is 2.45 bits per heavy atom. The Morgan fingerprint density at radius 1 is 1.17 bits per heavy atom. The summed E-state index contributed by atoms with van der Waals surface area (Å²) in [7, 11) is 1.63. The Balaban J connectivity index is 1.76. The number of rotatable bonds is 5. The lowest BCUT2D eigenvalue weighted by Crippen LogP contribution is -2.49. The summed E-state index contributed by atoms with van der Waals surface area (Å²) in [6, 6.07) is 15.2. The maximum absolute atomic E-state index is 13.2. The van der Waals surface area contributed by atoms with Crippen molar-refractivity contribution in [2.75, 3.05) is 25.5 Å². The van der Waals surface area contributed by atoms with Crippen LogP contribution in [0.4, 0.5) is 10.5 Å². The molecule has 0 radical (unpaired) electrons. The molecule has 0 bridgehead atoms. The van der Waals surface area contributed by atoms with Crippen LogP contribution in [0.15, 0.2) is 53.0 Å².